The fourth-order valence-corrected chi connectivity index (χ4v) is 4.41. The normalized spacial score (nSPS) is 30.2. The highest BCUT2D eigenvalue weighted by molar-refractivity contribution is 9.10. The van der Waals surface area contributed by atoms with Crippen LogP contribution in [0, 0.1) is 11.6 Å². The molecule has 2 fully saturated rings. The van der Waals surface area contributed by atoms with Crippen LogP contribution in [0.3, 0.4) is 0 Å². The van der Waals surface area contributed by atoms with Gasteiger partial charge >= 0.3 is 0 Å². The number of hydrogen-bond donors (Lipinski definition) is 1. The van der Waals surface area contributed by atoms with Crippen LogP contribution >= 0.6 is 15.9 Å². The van der Waals surface area contributed by atoms with Crippen molar-refractivity contribution < 1.29 is 18.0 Å². The lowest BCUT2D eigenvalue weighted by Crippen LogP contribution is -2.50. The third-order valence-corrected chi connectivity index (χ3v) is 10.0. The van der Waals surface area contributed by atoms with E-state index in [0.29, 0.717) is 17.3 Å². The van der Waals surface area contributed by atoms with Crippen molar-refractivity contribution in [3.05, 3.63) is 33.8 Å². The second kappa shape index (κ2) is 5.82. The van der Waals surface area contributed by atoms with E-state index >= 15 is 0 Å². The van der Waals surface area contributed by atoms with Crippen LogP contribution in [0.1, 0.15) is 45.2 Å². The van der Waals surface area contributed by atoms with Gasteiger partial charge in [-0.2, -0.15) is 0 Å². The Kier molecular flexibility index (Phi) is 4.46. The van der Waals surface area contributed by atoms with Crippen LogP contribution in [0.15, 0.2) is 16.6 Å². The zero-order chi connectivity index (χ0) is 17.9. The number of fused-ring (bicyclic) bond motifs is 1. The maximum Gasteiger partial charge on any atom is 0.276 e. The SMILES string of the molecule is CC(C)(C)[Si](C)(C)O[C@]12CC[C@H](c3c(F)cc(Br)cc3F)NN1O2. The van der Waals surface area contributed by atoms with Gasteiger partial charge in [0.15, 0.2) is 8.32 Å². The Hall–Kier alpha value is -0.383. The molecule has 1 N–H and O–H groups in total. The largest absolute Gasteiger partial charge is 0.375 e. The lowest BCUT2D eigenvalue weighted by molar-refractivity contribution is 0.0185. The molecule has 0 aliphatic carbocycles. The van der Waals surface area contributed by atoms with E-state index in [0.717, 1.165) is 0 Å². The van der Waals surface area contributed by atoms with Crippen molar-refractivity contribution in [1.29, 1.82) is 0 Å². The average Bonchev–Trinajstić information content (AvgIpc) is 3.08. The molecular weight excluding hydrogens is 398 g/mol. The van der Waals surface area contributed by atoms with Crippen LogP contribution in [-0.2, 0) is 9.26 Å². The summed E-state index contributed by atoms with van der Waals surface area (Å²) in [5.74, 6) is -1.93. The average molecular weight is 421 g/mol. The zero-order valence-corrected chi connectivity index (χ0v) is 17.1. The Morgan fingerprint density at radius 3 is 2.42 bits per heavy atom. The summed E-state index contributed by atoms with van der Waals surface area (Å²) < 4.78 is 35.1. The van der Waals surface area contributed by atoms with Gasteiger partial charge < -0.3 is 4.43 Å². The van der Waals surface area contributed by atoms with Crippen molar-refractivity contribution in [3.63, 3.8) is 0 Å². The molecule has 2 saturated heterocycles. The van der Waals surface area contributed by atoms with Gasteiger partial charge in [0.1, 0.15) is 11.6 Å². The summed E-state index contributed by atoms with van der Waals surface area (Å²) in [6, 6.07) is 2.07. The summed E-state index contributed by atoms with van der Waals surface area (Å²) in [7, 11) is -2.01. The molecule has 0 saturated carbocycles. The Morgan fingerprint density at radius 2 is 1.92 bits per heavy atom. The van der Waals surface area contributed by atoms with Crippen LogP contribution in [-0.4, -0.2) is 19.4 Å². The van der Waals surface area contributed by atoms with Crippen LogP contribution in [0.5, 0.6) is 0 Å². The molecule has 3 atom stereocenters. The van der Waals surface area contributed by atoms with Gasteiger partial charge in [-0.05, 0) is 36.7 Å². The predicted octanol–water partition coefficient (Wildman–Crippen LogP) is 4.99. The Bertz CT molecular complexity index is 645. The molecule has 134 valence electrons. The molecule has 0 aromatic heterocycles. The number of nitrogens with zero attached hydrogens (tertiary/aromatic N) is 1. The highest BCUT2D eigenvalue weighted by Crippen LogP contribution is 2.50. The smallest absolute Gasteiger partial charge is 0.276 e. The number of hydrogen-bond acceptors (Lipinski definition) is 4. The maximum atomic E-state index is 14.2. The van der Waals surface area contributed by atoms with Gasteiger partial charge in [0, 0.05) is 16.5 Å². The van der Waals surface area contributed by atoms with E-state index in [1.807, 2.05) is 0 Å². The predicted molar refractivity (Wildman–Crippen MR) is 93.1 cm³/mol. The molecular formula is C16H23BrF2N2O2Si. The number of rotatable bonds is 3. The van der Waals surface area contributed by atoms with Crippen molar-refractivity contribution in [2.45, 2.75) is 63.7 Å². The molecule has 1 aromatic carbocycles. The minimum Gasteiger partial charge on any atom is -0.375 e. The first-order valence-electron chi connectivity index (χ1n) is 8.05. The summed E-state index contributed by atoms with van der Waals surface area (Å²) in [6.07, 6.45) is 1.09. The highest BCUT2D eigenvalue weighted by Gasteiger charge is 2.64. The molecule has 0 radical (unpaired) electrons. The Labute approximate surface area is 150 Å². The molecule has 8 heteroatoms. The fourth-order valence-electron chi connectivity index (χ4n) is 2.69. The third-order valence-electron chi connectivity index (χ3n) is 5.15. The Morgan fingerprint density at radius 1 is 1.33 bits per heavy atom. The summed E-state index contributed by atoms with van der Waals surface area (Å²) in [6.45, 7) is 10.8. The maximum absolute atomic E-state index is 14.2. The lowest BCUT2D eigenvalue weighted by atomic mass is 9.99. The van der Waals surface area contributed by atoms with E-state index in [1.54, 1.807) is 0 Å². The minimum absolute atomic E-state index is 0.0367. The second-order valence-corrected chi connectivity index (χ2v) is 13.6. The van der Waals surface area contributed by atoms with Crippen molar-refractivity contribution >= 4 is 24.2 Å². The van der Waals surface area contributed by atoms with Gasteiger partial charge in [-0.15, -0.1) is 0 Å². The van der Waals surface area contributed by atoms with Gasteiger partial charge in [-0.25, -0.2) is 19.0 Å². The number of benzene rings is 1. The van der Waals surface area contributed by atoms with Gasteiger partial charge in [-0.3, -0.25) is 0 Å². The molecule has 0 amide bonds. The lowest BCUT2D eigenvalue weighted by Gasteiger charge is -2.39. The van der Waals surface area contributed by atoms with E-state index in [9.17, 15) is 8.78 Å². The third kappa shape index (κ3) is 3.20. The summed E-state index contributed by atoms with van der Waals surface area (Å²) in [4.78, 5) is 5.63. The van der Waals surface area contributed by atoms with Crippen LogP contribution in [0.4, 0.5) is 8.78 Å². The quantitative estimate of drug-likeness (QED) is 0.551. The molecule has 1 unspecified atom stereocenters. The highest BCUT2D eigenvalue weighted by atomic mass is 79.9. The summed E-state index contributed by atoms with van der Waals surface area (Å²) >= 11 is 3.10. The molecule has 2 aliphatic heterocycles. The molecule has 3 rings (SSSR count). The topological polar surface area (TPSA) is 36.8 Å². The van der Waals surface area contributed by atoms with E-state index in [4.69, 9.17) is 9.26 Å². The van der Waals surface area contributed by atoms with Crippen LogP contribution < -0.4 is 5.43 Å². The molecule has 2 aliphatic rings. The number of hydroxylamine groups is 1. The molecule has 0 spiro atoms. The second-order valence-electron chi connectivity index (χ2n) is 7.96. The van der Waals surface area contributed by atoms with Crippen LogP contribution in [0.25, 0.3) is 0 Å². The molecule has 2 heterocycles. The van der Waals surface area contributed by atoms with E-state index in [2.05, 4.69) is 55.2 Å². The van der Waals surface area contributed by atoms with Gasteiger partial charge in [0.25, 0.3) is 5.91 Å². The van der Waals surface area contributed by atoms with Gasteiger partial charge in [0.05, 0.1) is 6.04 Å². The first-order chi connectivity index (χ1) is 11.0. The van der Waals surface area contributed by atoms with Crippen molar-refractivity contribution in [2.24, 2.45) is 0 Å². The molecule has 4 nitrogen and oxygen atoms in total. The van der Waals surface area contributed by atoms with Gasteiger partial charge in [-0.1, -0.05) is 41.9 Å². The number of halogens is 3. The van der Waals surface area contributed by atoms with Crippen molar-refractivity contribution in [3.8, 4) is 0 Å². The fraction of sp³-hybridized carbons (Fsp3) is 0.625. The molecule has 24 heavy (non-hydrogen) atoms. The zero-order valence-electron chi connectivity index (χ0n) is 14.5. The van der Waals surface area contributed by atoms with E-state index < -0.39 is 31.9 Å². The monoisotopic (exact) mass is 420 g/mol. The number of hydrazine groups is 1. The van der Waals surface area contributed by atoms with Crippen molar-refractivity contribution in [2.75, 3.05) is 0 Å². The van der Waals surface area contributed by atoms with Crippen molar-refractivity contribution in [1.82, 2.24) is 10.6 Å². The van der Waals surface area contributed by atoms with Crippen LogP contribution in [0.2, 0.25) is 18.1 Å². The summed E-state index contributed by atoms with van der Waals surface area (Å²) in [5.41, 5.74) is 3.07. The first-order valence-corrected chi connectivity index (χ1v) is 11.8. The van der Waals surface area contributed by atoms with Gasteiger partial charge in [0.2, 0.25) is 0 Å². The Balaban J connectivity index is 1.74. The first kappa shape index (κ1) is 18.4. The summed E-state index contributed by atoms with van der Waals surface area (Å²) in [5, 5.41) is 1.56. The van der Waals surface area contributed by atoms with E-state index in [-0.39, 0.29) is 10.6 Å². The molecule has 1 aromatic rings. The van der Waals surface area contributed by atoms with E-state index in [1.165, 1.54) is 17.3 Å². The standard InChI is InChI=1S/C16H23BrF2N2O2Si/c1-15(2,3)24(4,5)23-16-7-6-13(20-21(16)22-16)14-11(18)8-10(17)9-12(14)19/h8-9,13,20H,6-7H2,1-5H3/t13-,16-,21?/m1/s1. The minimum atomic E-state index is -2.01. The molecule has 0 bridgehead atoms. The number of nitrogens with one attached hydrogen (secondary N) is 1.